The summed E-state index contributed by atoms with van der Waals surface area (Å²) < 4.78 is 7.52. The molecule has 0 saturated heterocycles. The fourth-order valence-electron chi connectivity index (χ4n) is 3.80. The number of ether oxygens (including phenoxy) is 1. The molecule has 0 spiro atoms. The minimum atomic E-state index is 0.407. The number of aromatic nitrogens is 4. The Bertz CT molecular complexity index is 1530. The van der Waals surface area contributed by atoms with Crippen molar-refractivity contribution >= 4 is 34.3 Å². The summed E-state index contributed by atoms with van der Waals surface area (Å²) >= 11 is 6.52. The number of allylic oxidation sites excluding steroid dienone is 1. The highest BCUT2D eigenvalue weighted by molar-refractivity contribution is 6.32. The first-order chi connectivity index (χ1) is 17.2. The van der Waals surface area contributed by atoms with Crippen molar-refractivity contribution in [2.75, 3.05) is 6.61 Å². The number of nitrogens with one attached hydrogen (secondary N) is 1. The van der Waals surface area contributed by atoms with Crippen LogP contribution in [0.5, 0.6) is 5.75 Å². The Labute approximate surface area is 208 Å². The second kappa shape index (κ2) is 9.88. The first-order valence-corrected chi connectivity index (χ1v) is 11.7. The van der Waals surface area contributed by atoms with Crippen LogP contribution in [0, 0.1) is 11.3 Å². The molecule has 3 aromatic carbocycles. The van der Waals surface area contributed by atoms with Crippen molar-refractivity contribution in [1.82, 2.24) is 19.7 Å². The van der Waals surface area contributed by atoms with Crippen LogP contribution in [-0.4, -0.2) is 26.4 Å². The van der Waals surface area contributed by atoms with Crippen LogP contribution in [-0.2, 0) is 0 Å². The molecule has 1 N–H and O–H groups in total. The van der Waals surface area contributed by atoms with Gasteiger partial charge in [-0.25, -0.2) is 9.67 Å². The Balaban J connectivity index is 1.62. The summed E-state index contributed by atoms with van der Waals surface area (Å²) in [5.41, 5.74) is 5.28. The zero-order valence-electron chi connectivity index (χ0n) is 19.1. The van der Waals surface area contributed by atoms with Crippen molar-refractivity contribution in [3.63, 3.8) is 0 Å². The lowest BCUT2D eigenvalue weighted by Crippen LogP contribution is -1.96. The lowest BCUT2D eigenvalue weighted by molar-refractivity contribution is 0.317. The van der Waals surface area contributed by atoms with Crippen LogP contribution in [0.4, 0.5) is 0 Å². The summed E-state index contributed by atoms with van der Waals surface area (Å²) in [5.74, 6) is 1.14. The molecule has 0 radical (unpaired) electrons. The van der Waals surface area contributed by atoms with Gasteiger partial charge in [0.1, 0.15) is 23.3 Å². The first-order valence-electron chi connectivity index (χ1n) is 11.3. The van der Waals surface area contributed by atoms with E-state index in [4.69, 9.17) is 21.4 Å². The number of hydrogen-bond donors (Lipinski definition) is 1. The van der Waals surface area contributed by atoms with Gasteiger partial charge in [0.05, 0.1) is 33.9 Å². The van der Waals surface area contributed by atoms with Crippen molar-refractivity contribution in [2.45, 2.75) is 13.3 Å². The molecular weight excluding hydrogens is 458 g/mol. The zero-order valence-corrected chi connectivity index (χ0v) is 19.8. The van der Waals surface area contributed by atoms with E-state index < -0.39 is 0 Å². The number of fused-ring (bicyclic) bond motifs is 1. The molecule has 0 bridgehead atoms. The SMILES string of the molecule is CCCOc1ccc(-c2nn(-c3ccccc3)cc2C=C(C#N)c2nc3ccccc3[nH]2)cc1Cl. The van der Waals surface area contributed by atoms with Gasteiger partial charge in [-0.2, -0.15) is 10.4 Å². The van der Waals surface area contributed by atoms with Gasteiger partial charge in [-0.05, 0) is 55.0 Å². The second-order valence-electron chi connectivity index (χ2n) is 7.98. The highest BCUT2D eigenvalue weighted by atomic mass is 35.5. The lowest BCUT2D eigenvalue weighted by atomic mass is 10.1. The summed E-state index contributed by atoms with van der Waals surface area (Å²) in [6, 6.07) is 25.4. The standard InChI is InChI=1S/C28H22ClN5O/c1-2-14-35-26-13-12-19(16-23(26)29)27-21(18-34(33-27)22-8-4-3-5-9-22)15-20(17-30)28-31-24-10-6-7-11-25(24)32-28/h3-13,15-16,18H,2,14H2,1H3,(H,31,32). The van der Waals surface area contributed by atoms with E-state index in [0.717, 1.165) is 34.3 Å². The predicted octanol–water partition coefficient (Wildman–Crippen LogP) is 6.92. The summed E-state index contributed by atoms with van der Waals surface area (Å²) in [6.45, 7) is 2.64. The van der Waals surface area contributed by atoms with E-state index in [0.29, 0.717) is 34.5 Å². The number of imidazole rings is 1. The molecular formula is C28H22ClN5O. The molecule has 7 heteroatoms. The average Bonchev–Trinajstić information content (AvgIpc) is 3.51. The van der Waals surface area contributed by atoms with Gasteiger partial charge in [0.15, 0.2) is 0 Å². The number of nitriles is 1. The average molecular weight is 480 g/mol. The number of rotatable bonds is 7. The Morgan fingerprint density at radius 3 is 2.66 bits per heavy atom. The van der Waals surface area contributed by atoms with E-state index in [2.05, 4.69) is 16.0 Å². The van der Waals surface area contributed by atoms with E-state index in [9.17, 15) is 5.26 Å². The molecule has 172 valence electrons. The number of hydrogen-bond acceptors (Lipinski definition) is 4. The molecule has 5 rings (SSSR count). The molecule has 2 aromatic heterocycles. The number of nitrogens with zero attached hydrogens (tertiary/aromatic N) is 4. The molecule has 0 aliphatic heterocycles. The van der Waals surface area contributed by atoms with E-state index in [1.165, 1.54) is 0 Å². The maximum Gasteiger partial charge on any atom is 0.149 e. The number of benzene rings is 3. The normalized spacial score (nSPS) is 11.5. The van der Waals surface area contributed by atoms with Crippen LogP contribution >= 0.6 is 11.6 Å². The Morgan fingerprint density at radius 2 is 1.91 bits per heavy atom. The van der Waals surface area contributed by atoms with E-state index in [1.54, 1.807) is 10.8 Å². The smallest absolute Gasteiger partial charge is 0.149 e. The second-order valence-corrected chi connectivity index (χ2v) is 8.39. The third kappa shape index (κ3) is 4.68. The van der Waals surface area contributed by atoms with Gasteiger partial charge in [0.25, 0.3) is 0 Å². The number of aromatic amines is 1. The molecule has 0 unspecified atom stereocenters. The zero-order chi connectivity index (χ0) is 24.2. The lowest BCUT2D eigenvalue weighted by Gasteiger charge is -2.08. The van der Waals surface area contributed by atoms with Crippen LogP contribution in [0.15, 0.2) is 79.0 Å². The number of para-hydroxylation sites is 3. The fourth-order valence-corrected chi connectivity index (χ4v) is 4.03. The van der Waals surface area contributed by atoms with Crippen LogP contribution in [0.25, 0.3) is 39.6 Å². The van der Waals surface area contributed by atoms with Gasteiger partial charge < -0.3 is 9.72 Å². The quantitative estimate of drug-likeness (QED) is 0.257. The third-order valence-electron chi connectivity index (χ3n) is 5.50. The summed E-state index contributed by atoms with van der Waals surface area (Å²) in [4.78, 5) is 7.82. The molecule has 0 saturated carbocycles. The Morgan fingerprint density at radius 1 is 1.11 bits per heavy atom. The van der Waals surface area contributed by atoms with Gasteiger partial charge in [0, 0.05) is 17.3 Å². The van der Waals surface area contributed by atoms with Gasteiger partial charge >= 0.3 is 0 Å². The maximum atomic E-state index is 9.97. The molecule has 0 fully saturated rings. The van der Waals surface area contributed by atoms with Crippen LogP contribution in [0.3, 0.4) is 0 Å². The van der Waals surface area contributed by atoms with E-state index >= 15 is 0 Å². The third-order valence-corrected chi connectivity index (χ3v) is 5.79. The van der Waals surface area contributed by atoms with Crippen molar-refractivity contribution in [1.29, 1.82) is 5.26 Å². The van der Waals surface area contributed by atoms with Gasteiger partial charge in [-0.3, -0.25) is 0 Å². The molecule has 0 atom stereocenters. The number of halogens is 1. The molecule has 35 heavy (non-hydrogen) atoms. The van der Waals surface area contributed by atoms with Gasteiger partial charge in [-0.1, -0.05) is 48.9 Å². The van der Waals surface area contributed by atoms with Crippen molar-refractivity contribution in [3.8, 4) is 28.8 Å². The monoisotopic (exact) mass is 479 g/mol. The summed E-state index contributed by atoms with van der Waals surface area (Å²) in [7, 11) is 0. The van der Waals surface area contributed by atoms with Crippen molar-refractivity contribution in [3.05, 3.63) is 95.4 Å². The maximum absolute atomic E-state index is 9.97. The molecule has 6 nitrogen and oxygen atoms in total. The van der Waals surface area contributed by atoms with E-state index in [1.807, 2.05) is 85.9 Å². The van der Waals surface area contributed by atoms with Crippen LogP contribution in [0.2, 0.25) is 5.02 Å². The summed E-state index contributed by atoms with van der Waals surface area (Å²) in [5, 5.41) is 15.3. The topological polar surface area (TPSA) is 79.5 Å². The predicted molar refractivity (Wildman–Crippen MR) is 139 cm³/mol. The molecule has 5 aromatic rings. The van der Waals surface area contributed by atoms with Crippen LogP contribution < -0.4 is 4.74 Å². The minimum absolute atomic E-state index is 0.407. The molecule has 0 aliphatic carbocycles. The Hall–Kier alpha value is -4.34. The Kier molecular flexibility index (Phi) is 6.34. The number of H-pyrrole nitrogens is 1. The molecule has 0 aliphatic rings. The van der Waals surface area contributed by atoms with Crippen molar-refractivity contribution < 1.29 is 4.74 Å². The van der Waals surface area contributed by atoms with Crippen molar-refractivity contribution in [2.24, 2.45) is 0 Å². The highest BCUT2D eigenvalue weighted by Gasteiger charge is 2.16. The first kappa shape index (κ1) is 22.5. The summed E-state index contributed by atoms with van der Waals surface area (Å²) in [6.07, 6.45) is 4.60. The minimum Gasteiger partial charge on any atom is -0.492 e. The fraction of sp³-hybridized carbons (Fsp3) is 0.107. The largest absolute Gasteiger partial charge is 0.492 e. The van der Waals surface area contributed by atoms with Gasteiger partial charge in [0.2, 0.25) is 0 Å². The van der Waals surface area contributed by atoms with Crippen LogP contribution in [0.1, 0.15) is 24.7 Å². The molecule has 2 heterocycles. The highest BCUT2D eigenvalue weighted by Crippen LogP contribution is 2.33. The van der Waals surface area contributed by atoms with Gasteiger partial charge in [-0.15, -0.1) is 0 Å². The molecule has 0 amide bonds. The van der Waals surface area contributed by atoms with E-state index in [-0.39, 0.29) is 0 Å².